The Bertz CT molecular complexity index is 1420. The molecule has 0 saturated carbocycles. The largest absolute Gasteiger partial charge is 0.423 e. The van der Waals surface area contributed by atoms with Crippen molar-refractivity contribution in [1.82, 2.24) is 9.55 Å². The van der Waals surface area contributed by atoms with Crippen LogP contribution in [0.2, 0.25) is 10.0 Å². The molecule has 5 aromatic rings. The quantitative estimate of drug-likeness (QED) is 0.199. The number of ether oxygens (including phenoxy) is 1. The third-order valence-electron chi connectivity index (χ3n) is 5.26. The van der Waals surface area contributed by atoms with Crippen molar-refractivity contribution >= 4 is 40.2 Å². The van der Waals surface area contributed by atoms with Gasteiger partial charge in [-0.1, -0.05) is 65.7 Å². The molecule has 162 valence electrons. The summed E-state index contributed by atoms with van der Waals surface area (Å²) < 4.78 is 7.70. The van der Waals surface area contributed by atoms with E-state index in [0.29, 0.717) is 27.9 Å². The van der Waals surface area contributed by atoms with E-state index >= 15 is 0 Å². The van der Waals surface area contributed by atoms with E-state index in [0.717, 1.165) is 22.4 Å². The van der Waals surface area contributed by atoms with Crippen molar-refractivity contribution < 1.29 is 9.53 Å². The lowest BCUT2D eigenvalue weighted by atomic mass is 10.2. The number of aromatic nitrogens is 2. The predicted molar refractivity (Wildman–Crippen MR) is 132 cm³/mol. The predicted octanol–water partition coefficient (Wildman–Crippen LogP) is 7.28. The van der Waals surface area contributed by atoms with Gasteiger partial charge in [-0.3, -0.25) is 0 Å². The number of imidazole rings is 1. The second-order valence-corrected chi connectivity index (χ2v) is 8.44. The van der Waals surface area contributed by atoms with Crippen molar-refractivity contribution in [2.45, 2.75) is 6.54 Å². The summed E-state index contributed by atoms with van der Waals surface area (Å²) >= 11 is 12.0. The molecule has 0 bridgehead atoms. The molecule has 1 heterocycles. The Balaban J connectivity index is 1.45. The zero-order valence-electron chi connectivity index (χ0n) is 17.4. The van der Waals surface area contributed by atoms with Gasteiger partial charge < -0.3 is 9.30 Å². The Hall–Kier alpha value is -3.60. The fourth-order valence-corrected chi connectivity index (χ4v) is 4.26. The smallest absolute Gasteiger partial charge is 0.343 e. The van der Waals surface area contributed by atoms with Crippen molar-refractivity contribution in [1.29, 1.82) is 0 Å². The van der Waals surface area contributed by atoms with Gasteiger partial charge >= 0.3 is 5.97 Å². The second-order valence-electron chi connectivity index (χ2n) is 7.57. The van der Waals surface area contributed by atoms with Gasteiger partial charge in [0.2, 0.25) is 0 Å². The first-order chi connectivity index (χ1) is 16.1. The molecule has 6 heteroatoms. The van der Waals surface area contributed by atoms with E-state index in [2.05, 4.69) is 22.8 Å². The maximum Gasteiger partial charge on any atom is 0.343 e. The molecule has 0 aliphatic heterocycles. The van der Waals surface area contributed by atoms with E-state index in [1.807, 2.05) is 48.5 Å². The number of rotatable bonds is 5. The topological polar surface area (TPSA) is 44.1 Å². The number of para-hydroxylation sites is 2. The van der Waals surface area contributed by atoms with Crippen molar-refractivity contribution in [3.05, 3.63) is 118 Å². The van der Waals surface area contributed by atoms with Gasteiger partial charge in [-0.15, -0.1) is 0 Å². The number of hydrogen-bond donors (Lipinski definition) is 0. The van der Waals surface area contributed by atoms with Crippen LogP contribution in [0.15, 0.2) is 97.1 Å². The number of carbonyl (C=O) groups is 1. The second kappa shape index (κ2) is 9.10. The summed E-state index contributed by atoms with van der Waals surface area (Å²) in [7, 11) is 0. The number of carbonyl (C=O) groups excluding carboxylic acids is 1. The first-order valence-corrected chi connectivity index (χ1v) is 11.1. The number of fused-ring (bicyclic) bond motifs is 1. The number of benzene rings is 4. The molecule has 0 amide bonds. The lowest BCUT2D eigenvalue weighted by Crippen LogP contribution is -2.08. The van der Waals surface area contributed by atoms with E-state index in [-0.39, 0.29) is 0 Å². The number of hydrogen-bond acceptors (Lipinski definition) is 3. The summed E-state index contributed by atoms with van der Waals surface area (Å²) in [5, 5.41) is 0.754. The van der Waals surface area contributed by atoms with Crippen LogP contribution >= 0.6 is 23.2 Å². The number of halogens is 2. The van der Waals surface area contributed by atoms with Gasteiger partial charge in [-0.05, 0) is 60.2 Å². The Kier molecular flexibility index (Phi) is 5.86. The highest BCUT2D eigenvalue weighted by molar-refractivity contribution is 6.35. The average molecular weight is 473 g/mol. The van der Waals surface area contributed by atoms with Gasteiger partial charge in [0.1, 0.15) is 11.6 Å². The third-order valence-corrected chi connectivity index (χ3v) is 5.70. The molecule has 0 N–H and O–H groups in total. The van der Waals surface area contributed by atoms with Gasteiger partial charge in [0.25, 0.3) is 0 Å². The highest BCUT2D eigenvalue weighted by Gasteiger charge is 2.14. The first kappa shape index (κ1) is 21.3. The molecule has 0 fully saturated rings. The molecule has 0 radical (unpaired) electrons. The van der Waals surface area contributed by atoms with E-state index in [4.69, 9.17) is 32.9 Å². The minimum atomic E-state index is -0.525. The average Bonchev–Trinajstić information content (AvgIpc) is 3.18. The summed E-state index contributed by atoms with van der Waals surface area (Å²) in [6.07, 6.45) is 0. The van der Waals surface area contributed by atoms with Gasteiger partial charge in [-0.25, -0.2) is 9.78 Å². The molecule has 33 heavy (non-hydrogen) atoms. The van der Waals surface area contributed by atoms with Crippen LogP contribution in [0.4, 0.5) is 0 Å². The fourth-order valence-electron chi connectivity index (χ4n) is 3.73. The monoisotopic (exact) mass is 472 g/mol. The van der Waals surface area contributed by atoms with Crippen LogP contribution in [0.25, 0.3) is 22.4 Å². The van der Waals surface area contributed by atoms with Crippen LogP contribution in [0.3, 0.4) is 0 Å². The van der Waals surface area contributed by atoms with Gasteiger partial charge in [0.05, 0.1) is 16.6 Å². The summed E-state index contributed by atoms with van der Waals surface area (Å²) in [4.78, 5) is 17.4. The molecule has 0 aliphatic carbocycles. The summed E-state index contributed by atoms with van der Waals surface area (Å²) in [5.74, 6) is 0.744. The van der Waals surface area contributed by atoms with E-state index < -0.39 is 5.97 Å². The lowest BCUT2D eigenvalue weighted by molar-refractivity contribution is 0.0735. The lowest BCUT2D eigenvalue weighted by Gasteiger charge is -2.10. The molecule has 5 rings (SSSR count). The Labute approximate surface area is 201 Å². The van der Waals surface area contributed by atoms with Crippen LogP contribution in [-0.2, 0) is 6.54 Å². The molecular weight excluding hydrogens is 455 g/mol. The summed E-state index contributed by atoms with van der Waals surface area (Å²) in [5.41, 5.74) is 4.39. The first-order valence-electron chi connectivity index (χ1n) is 10.3. The van der Waals surface area contributed by atoms with Crippen LogP contribution in [0.1, 0.15) is 15.9 Å². The molecule has 0 atom stereocenters. The van der Waals surface area contributed by atoms with E-state index in [1.165, 1.54) is 17.7 Å². The standard InChI is InChI=1S/C27H18Cl2N2O2/c28-21-14-20(15-22(29)16-21)27(32)33-23-12-10-19(11-13-23)26-30-24-8-4-5-9-25(24)31(26)17-18-6-2-1-3-7-18/h1-16H,17H2. The molecule has 1 aromatic heterocycles. The zero-order chi connectivity index (χ0) is 22.8. The van der Waals surface area contributed by atoms with Gasteiger partial charge in [-0.2, -0.15) is 0 Å². The number of esters is 1. The van der Waals surface area contributed by atoms with Crippen LogP contribution in [0.5, 0.6) is 5.75 Å². The van der Waals surface area contributed by atoms with Crippen LogP contribution in [0, 0.1) is 0 Å². The fraction of sp³-hybridized carbons (Fsp3) is 0.0370. The molecule has 4 nitrogen and oxygen atoms in total. The van der Waals surface area contributed by atoms with Gasteiger partial charge in [0.15, 0.2) is 0 Å². The van der Waals surface area contributed by atoms with Crippen LogP contribution < -0.4 is 4.74 Å². The molecule has 0 unspecified atom stereocenters. The van der Waals surface area contributed by atoms with Crippen molar-refractivity contribution in [2.24, 2.45) is 0 Å². The zero-order valence-corrected chi connectivity index (χ0v) is 18.9. The Morgan fingerprint density at radius 3 is 2.21 bits per heavy atom. The highest BCUT2D eigenvalue weighted by atomic mass is 35.5. The van der Waals surface area contributed by atoms with Crippen molar-refractivity contribution in [3.63, 3.8) is 0 Å². The Morgan fingerprint density at radius 1 is 0.818 bits per heavy atom. The van der Waals surface area contributed by atoms with Crippen LogP contribution in [-0.4, -0.2) is 15.5 Å². The van der Waals surface area contributed by atoms with Crippen molar-refractivity contribution in [3.8, 4) is 17.1 Å². The molecular formula is C27H18Cl2N2O2. The minimum Gasteiger partial charge on any atom is -0.423 e. The normalized spacial score (nSPS) is 11.0. The maximum absolute atomic E-state index is 12.5. The Morgan fingerprint density at radius 2 is 1.48 bits per heavy atom. The summed E-state index contributed by atoms with van der Waals surface area (Å²) in [6, 6.07) is 30.3. The molecule has 0 spiro atoms. The number of nitrogens with zero attached hydrogens (tertiary/aromatic N) is 2. The van der Waals surface area contributed by atoms with Crippen molar-refractivity contribution in [2.75, 3.05) is 0 Å². The van der Waals surface area contributed by atoms with Gasteiger partial charge in [0, 0.05) is 22.2 Å². The third kappa shape index (κ3) is 4.63. The maximum atomic E-state index is 12.5. The molecule has 0 aliphatic rings. The molecule has 0 saturated heterocycles. The van der Waals surface area contributed by atoms with E-state index in [1.54, 1.807) is 18.2 Å². The summed E-state index contributed by atoms with van der Waals surface area (Å²) in [6.45, 7) is 0.697. The highest BCUT2D eigenvalue weighted by Crippen LogP contribution is 2.28. The molecule has 4 aromatic carbocycles. The SMILES string of the molecule is O=C(Oc1ccc(-c2nc3ccccc3n2Cc2ccccc2)cc1)c1cc(Cl)cc(Cl)c1. The minimum absolute atomic E-state index is 0.293. The van der Waals surface area contributed by atoms with E-state index in [9.17, 15) is 4.79 Å².